The first-order valence-corrected chi connectivity index (χ1v) is 20.9. The molecule has 0 atom stereocenters. The van der Waals surface area contributed by atoms with Gasteiger partial charge in [-0.1, -0.05) is 178 Å². The van der Waals surface area contributed by atoms with Crippen molar-refractivity contribution < 1.29 is 0 Å². The van der Waals surface area contributed by atoms with E-state index < -0.39 is 8.07 Å². The average Bonchev–Trinajstić information content (AvgIpc) is 3.61. The van der Waals surface area contributed by atoms with Gasteiger partial charge in [0.05, 0.1) is 0 Å². The zero-order valence-corrected chi connectivity index (χ0v) is 32.2. The summed E-state index contributed by atoms with van der Waals surface area (Å²) in [6.45, 7) is 28.9. The normalized spacial score (nSPS) is 15.3. The highest BCUT2D eigenvalue weighted by Crippen LogP contribution is 2.54. The molecule has 2 aliphatic carbocycles. The summed E-state index contributed by atoms with van der Waals surface area (Å²) in [4.78, 5) is 0. The van der Waals surface area contributed by atoms with Crippen LogP contribution in [0.15, 0.2) is 96.1 Å². The van der Waals surface area contributed by atoms with Crippen LogP contribution >= 0.6 is 0 Å². The lowest BCUT2D eigenvalue weighted by atomic mass is 9.86. The molecule has 4 aromatic carbocycles. The van der Waals surface area contributed by atoms with Crippen molar-refractivity contribution in [3.8, 4) is 22.3 Å². The van der Waals surface area contributed by atoms with E-state index in [1.807, 2.05) is 0 Å². The van der Waals surface area contributed by atoms with Crippen LogP contribution in [0.25, 0.3) is 32.6 Å². The van der Waals surface area contributed by atoms with Gasteiger partial charge in [-0.15, -0.1) is 0 Å². The molecule has 0 aromatic heterocycles. The molecule has 2 aliphatic rings. The van der Waals surface area contributed by atoms with Crippen LogP contribution in [0.5, 0.6) is 0 Å². The van der Waals surface area contributed by atoms with Crippen LogP contribution < -0.4 is 0 Å². The van der Waals surface area contributed by atoms with Crippen LogP contribution in [0.2, 0.25) is 13.1 Å². The molecular formula is C46H56Si. The number of fused-ring (bicyclic) bond motifs is 2. The number of hydrogen-bond donors (Lipinski definition) is 0. The van der Waals surface area contributed by atoms with E-state index in [1.54, 1.807) is 21.5 Å². The summed E-state index contributed by atoms with van der Waals surface area (Å²) < 4.78 is 0. The summed E-state index contributed by atoms with van der Waals surface area (Å²) in [7, 11) is -2.24. The molecule has 0 saturated heterocycles. The highest BCUT2D eigenvalue weighted by atomic mass is 28.3. The summed E-state index contributed by atoms with van der Waals surface area (Å²) >= 11 is 0. The largest absolute Gasteiger partial charge is 0.113 e. The Labute approximate surface area is 287 Å². The summed E-state index contributed by atoms with van der Waals surface area (Å²) in [6.07, 6.45) is 2.14. The quantitative estimate of drug-likeness (QED) is 0.185. The van der Waals surface area contributed by atoms with Gasteiger partial charge in [-0.05, 0) is 102 Å². The van der Waals surface area contributed by atoms with Gasteiger partial charge in [0.1, 0.15) is 8.07 Å². The zero-order chi connectivity index (χ0) is 34.1. The van der Waals surface area contributed by atoms with Gasteiger partial charge in [0.25, 0.3) is 0 Å². The zero-order valence-electron chi connectivity index (χ0n) is 31.2. The molecule has 0 unspecified atom stereocenters. The molecule has 0 nitrogen and oxygen atoms in total. The highest BCUT2D eigenvalue weighted by Gasteiger charge is 2.44. The second-order valence-electron chi connectivity index (χ2n) is 17.4. The molecule has 47 heavy (non-hydrogen) atoms. The topological polar surface area (TPSA) is 0 Å². The lowest BCUT2D eigenvalue weighted by molar-refractivity contribution is 0.590. The van der Waals surface area contributed by atoms with E-state index in [1.165, 1.54) is 55.6 Å². The fraction of sp³-hybridized carbons (Fsp3) is 0.391. The minimum absolute atomic E-state index is 0.141. The SMILES string of the molecule is CC(C)C1=C([Si](C)(C)C2=C(C(C)C)Cc3cccc(-c4ccc(C(C)(C)C)cc4)c32)c2c(cccc2-c2ccc(C(C)(C)C)cc2)C1. The van der Waals surface area contributed by atoms with E-state index >= 15 is 0 Å². The van der Waals surface area contributed by atoms with Gasteiger partial charge in [0.15, 0.2) is 0 Å². The first kappa shape index (κ1) is 33.5. The first-order valence-electron chi connectivity index (χ1n) is 17.9. The van der Waals surface area contributed by atoms with E-state index in [4.69, 9.17) is 0 Å². The number of allylic oxidation sites excluding steroid dienone is 2. The molecule has 0 bridgehead atoms. The fourth-order valence-electron chi connectivity index (χ4n) is 8.31. The molecule has 1 heteroatoms. The molecule has 6 rings (SSSR count). The third-order valence-corrected chi connectivity index (χ3v) is 14.6. The molecule has 4 aromatic rings. The van der Waals surface area contributed by atoms with E-state index in [-0.39, 0.29) is 10.8 Å². The van der Waals surface area contributed by atoms with E-state index in [0.717, 1.165) is 12.8 Å². The van der Waals surface area contributed by atoms with Crippen molar-refractivity contribution in [3.63, 3.8) is 0 Å². The van der Waals surface area contributed by atoms with Crippen molar-refractivity contribution in [2.24, 2.45) is 11.8 Å². The molecule has 0 saturated carbocycles. The minimum Gasteiger partial charge on any atom is -0.0630 e. The van der Waals surface area contributed by atoms with Gasteiger partial charge < -0.3 is 0 Å². The van der Waals surface area contributed by atoms with Crippen molar-refractivity contribution in [3.05, 3.63) is 129 Å². The number of hydrogen-bond acceptors (Lipinski definition) is 0. The van der Waals surface area contributed by atoms with Crippen molar-refractivity contribution in [1.29, 1.82) is 0 Å². The third-order valence-electron chi connectivity index (χ3n) is 11.0. The van der Waals surface area contributed by atoms with Crippen molar-refractivity contribution in [1.82, 2.24) is 0 Å². The molecule has 0 N–H and O–H groups in total. The van der Waals surface area contributed by atoms with Crippen molar-refractivity contribution in [2.75, 3.05) is 0 Å². The second-order valence-corrected chi connectivity index (χ2v) is 21.7. The molecule has 0 aliphatic heterocycles. The Kier molecular flexibility index (Phi) is 8.49. The summed E-state index contributed by atoms with van der Waals surface area (Å²) in [5, 5.41) is 3.38. The summed E-state index contributed by atoms with van der Waals surface area (Å²) in [5.41, 5.74) is 18.0. The monoisotopic (exact) mass is 636 g/mol. The maximum Gasteiger partial charge on any atom is 0.113 e. The number of benzene rings is 4. The van der Waals surface area contributed by atoms with E-state index in [9.17, 15) is 0 Å². The smallest absolute Gasteiger partial charge is 0.0630 e. The average molecular weight is 637 g/mol. The maximum atomic E-state index is 2.67. The summed E-state index contributed by atoms with van der Waals surface area (Å²) in [6, 6.07) is 33.1. The van der Waals surface area contributed by atoms with Gasteiger partial charge in [-0.25, -0.2) is 0 Å². The Morgan fingerprint density at radius 2 is 0.830 bits per heavy atom. The predicted molar refractivity (Wildman–Crippen MR) is 210 cm³/mol. The summed E-state index contributed by atoms with van der Waals surface area (Å²) in [5.74, 6) is 1.01. The molecule has 244 valence electrons. The number of rotatable bonds is 6. The van der Waals surface area contributed by atoms with Crippen molar-refractivity contribution in [2.45, 2.75) is 106 Å². The van der Waals surface area contributed by atoms with Crippen LogP contribution in [-0.2, 0) is 23.7 Å². The molecule has 0 spiro atoms. The lowest BCUT2D eigenvalue weighted by Crippen LogP contribution is -2.33. The lowest BCUT2D eigenvalue weighted by Gasteiger charge is -2.34. The predicted octanol–water partition coefficient (Wildman–Crippen LogP) is 13.0. The molecule has 0 fully saturated rings. The third kappa shape index (κ3) is 5.95. The Morgan fingerprint density at radius 3 is 1.13 bits per heavy atom. The molecule has 0 radical (unpaired) electrons. The van der Waals surface area contributed by atoms with Gasteiger partial charge >= 0.3 is 0 Å². The molecular weight excluding hydrogens is 581 g/mol. The Hall–Kier alpha value is -3.42. The standard InChI is InChI=1S/C46H56Si/c1-29(2)39-27-33-15-13-17-37(31-19-23-35(24-20-31)45(5,6)7)41(33)43(39)47(11,12)44-40(30(3)4)28-34-16-14-18-38(42(34)44)32-21-25-36(26-22-32)46(8,9)10/h13-26,29-30H,27-28H2,1-12H3. The van der Waals surface area contributed by atoms with Crippen LogP contribution in [0.4, 0.5) is 0 Å². The van der Waals surface area contributed by atoms with Crippen LogP contribution in [0, 0.1) is 11.8 Å². The Morgan fingerprint density at radius 1 is 0.489 bits per heavy atom. The highest BCUT2D eigenvalue weighted by molar-refractivity contribution is 7.09. The Balaban J connectivity index is 1.57. The Bertz CT molecular complexity index is 1740. The van der Waals surface area contributed by atoms with Crippen LogP contribution in [0.3, 0.4) is 0 Å². The van der Waals surface area contributed by atoms with Crippen molar-refractivity contribution >= 4 is 18.5 Å². The molecule has 0 amide bonds. The first-order chi connectivity index (χ1) is 22.0. The van der Waals surface area contributed by atoms with Gasteiger partial charge in [-0.2, -0.15) is 0 Å². The minimum atomic E-state index is -2.24. The fourth-order valence-corrected chi connectivity index (χ4v) is 12.8. The maximum absolute atomic E-state index is 2.67. The van der Waals surface area contributed by atoms with Gasteiger partial charge in [0, 0.05) is 0 Å². The second kappa shape index (κ2) is 11.9. The molecule has 0 heterocycles. The van der Waals surface area contributed by atoms with Crippen LogP contribution in [0.1, 0.15) is 103 Å². The van der Waals surface area contributed by atoms with Crippen LogP contribution in [-0.4, -0.2) is 8.07 Å². The van der Waals surface area contributed by atoms with Gasteiger partial charge in [-0.3, -0.25) is 0 Å². The van der Waals surface area contributed by atoms with E-state index in [2.05, 4.69) is 167 Å². The van der Waals surface area contributed by atoms with E-state index in [0.29, 0.717) is 11.8 Å². The van der Waals surface area contributed by atoms with Gasteiger partial charge in [0.2, 0.25) is 0 Å².